The largest absolute Gasteiger partial charge is 0.506 e. The first-order valence-electron chi connectivity index (χ1n) is 9.22. The predicted octanol–water partition coefficient (Wildman–Crippen LogP) is 6.21. The Hall–Kier alpha value is -1.32. The molecule has 2 aromatic rings. The third kappa shape index (κ3) is 8.61. The zero-order valence-electron chi connectivity index (χ0n) is 17.3. The van der Waals surface area contributed by atoms with Crippen LogP contribution in [-0.2, 0) is 20.9 Å². The minimum Gasteiger partial charge on any atom is -0.506 e. The highest BCUT2D eigenvalue weighted by Gasteiger charge is 2.24. The number of phenols is 1. The van der Waals surface area contributed by atoms with Crippen LogP contribution in [0.2, 0.25) is 10.0 Å². The molecular weight excluding hydrogens is 498 g/mol. The molecular formula is C19H23Cl2N4O3PS2. The number of benzene rings is 1. The topological polar surface area (TPSA) is 88.0 Å². The number of aromatic nitrogens is 1. The van der Waals surface area contributed by atoms with Crippen LogP contribution >= 0.6 is 42.1 Å². The maximum atomic E-state index is 10.0. The van der Waals surface area contributed by atoms with Crippen LogP contribution in [0, 0.1) is 0 Å². The van der Waals surface area contributed by atoms with Gasteiger partial charge in [-0.2, -0.15) is 0 Å². The Morgan fingerprint density at radius 2 is 1.84 bits per heavy atom. The van der Waals surface area contributed by atoms with Gasteiger partial charge in [0.1, 0.15) is 11.6 Å². The smallest absolute Gasteiger partial charge is 0.289 e. The van der Waals surface area contributed by atoms with Crippen LogP contribution in [0.25, 0.3) is 0 Å². The molecule has 0 bridgehead atoms. The molecule has 1 aromatic carbocycles. The molecule has 0 fully saturated rings. The summed E-state index contributed by atoms with van der Waals surface area (Å²) in [6, 6.07) is 8.15. The molecule has 7 nitrogen and oxygen atoms in total. The molecule has 1 aromatic heterocycles. The van der Waals surface area contributed by atoms with Crippen molar-refractivity contribution < 1.29 is 14.2 Å². The second kappa shape index (κ2) is 11.5. The zero-order valence-corrected chi connectivity index (χ0v) is 21.3. The van der Waals surface area contributed by atoms with E-state index in [-0.39, 0.29) is 28.1 Å². The summed E-state index contributed by atoms with van der Waals surface area (Å²) in [6.45, 7) is 4.65. The number of anilines is 1. The monoisotopic (exact) mass is 520 g/mol. The van der Waals surface area contributed by atoms with Crippen LogP contribution < -0.4 is 10.4 Å². The summed E-state index contributed by atoms with van der Waals surface area (Å²) in [7, 11) is 0. The standard InChI is InChI=1S/C19H23Cl2N4O3PS2/c1-11(2)27-29(31,28-12(3)4)25-19(30)24-17-7-5-6-16(23-17)22-10-13-8-14(20)9-15(21)18(13)26/h5-12,26H,1-4H3,(H2,23,24,25,30,31)/b22-10+. The molecule has 0 aliphatic rings. The van der Waals surface area contributed by atoms with E-state index in [1.807, 2.05) is 27.7 Å². The van der Waals surface area contributed by atoms with E-state index < -0.39 is 6.64 Å². The highest BCUT2D eigenvalue weighted by Crippen LogP contribution is 2.46. The Morgan fingerprint density at radius 3 is 2.45 bits per heavy atom. The second-order valence-electron chi connectivity index (χ2n) is 6.84. The summed E-state index contributed by atoms with van der Waals surface area (Å²) in [6.07, 6.45) is 1.15. The lowest BCUT2D eigenvalue weighted by atomic mass is 10.2. The molecule has 0 aliphatic heterocycles. The molecule has 31 heavy (non-hydrogen) atoms. The van der Waals surface area contributed by atoms with Crippen LogP contribution in [0.15, 0.2) is 35.3 Å². The highest BCUT2D eigenvalue weighted by molar-refractivity contribution is 8.09. The Balaban J connectivity index is 2.13. The minimum absolute atomic E-state index is 0.115. The number of aromatic hydroxyl groups is 1. The van der Waals surface area contributed by atoms with Crippen molar-refractivity contribution in [2.24, 2.45) is 4.99 Å². The van der Waals surface area contributed by atoms with Crippen LogP contribution in [0.5, 0.6) is 5.75 Å². The molecule has 0 spiro atoms. The van der Waals surface area contributed by atoms with Gasteiger partial charge in [0.05, 0.1) is 17.2 Å². The van der Waals surface area contributed by atoms with Crippen LogP contribution in [-0.4, -0.2) is 33.6 Å². The first-order valence-corrected chi connectivity index (χ1v) is 13.0. The van der Waals surface area contributed by atoms with Crippen LogP contribution in [0.4, 0.5) is 11.6 Å². The van der Waals surface area contributed by atoms with E-state index in [2.05, 4.69) is 20.4 Å². The summed E-state index contributed by atoms with van der Waals surface area (Å²) in [5.41, 5.74) is 0.368. The third-order valence-electron chi connectivity index (χ3n) is 3.31. The maximum Gasteiger partial charge on any atom is 0.289 e. The first kappa shape index (κ1) is 25.9. The number of hydrogen-bond acceptors (Lipinski definition) is 7. The summed E-state index contributed by atoms with van der Waals surface area (Å²) in [4.78, 5) is 8.63. The van der Waals surface area contributed by atoms with Gasteiger partial charge in [-0.15, -0.1) is 0 Å². The van der Waals surface area contributed by atoms with E-state index >= 15 is 0 Å². The van der Waals surface area contributed by atoms with E-state index in [0.29, 0.717) is 22.2 Å². The summed E-state index contributed by atoms with van der Waals surface area (Å²) >= 11 is 22.8. The summed E-state index contributed by atoms with van der Waals surface area (Å²) < 4.78 is 11.5. The molecule has 0 unspecified atom stereocenters. The minimum atomic E-state index is -2.83. The number of aliphatic imine (C=N–C) groups is 1. The van der Waals surface area contributed by atoms with Crippen molar-refractivity contribution in [2.75, 3.05) is 5.32 Å². The summed E-state index contributed by atoms with van der Waals surface area (Å²) in [5.74, 6) is 0.700. The van der Waals surface area contributed by atoms with E-state index in [4.69, 9.17) is 56.3 Å². The van der Waals surface area contributed by atoms with E-state index in [1.165, 1.54) is 12.3 Å². The molecule has 1 heterocycles. The Labute approximate surface area is 202 Å². The lowest BCUT2D eigenvalue weighted by Crippen LogP contribution is -2.29. The zero-order chi connectivity index (χ0) is 23.2. The molecule has 0 atom stereocenters. The molecule has 0 radical (unpaired) electrons. The average molecular weight is 521 g/mol. The number of phenolic OH excluding ortho intramolecular Hbond substituents is 1. The fraction of sp³-hybridized carbons (Fsp3) is 0.316. The van der Waals surface area contributed by atoms with Crippen molar-refractivity contribution in [1.29, 1.82) is 0 Å². The number of hydrogen-bond donors (Lipinski definition) is 3. The lowest BCUT2D eigenvalue weighted by molar-refractivity contribution is 0.172. The van der Waals surface area contributed by atoms with Crippen LogP contribution in [0.3, 0.4) is 0 Å². The molecule has 0 saturated carbocycles. The van der Waals surface area contributed by atoms with E-state index in [1.54, 1.807) is 24.3 Å². The fourth-order valence-electron chi connectivity index (χ4n) is 2.29. The quantitative estimate of drug-likeness (QED) is 0.215. The number of thiocarbonyl (C=S) groups is 1. The molecule has 3 N–H and O–H groups in total. The number of nitrogens with one attached hydrogen (secondary N) is 2. The van der Waals surface area contributed by atoms with E-state index in [9.17, 15) is 5.11 Å². The van der Waals surface area contributed by atoms with Crippen molar-refractivity contribution in [3.63, 3.8) is 0 Å². The van der Waals surface area contributed by atoms with Gasteiger partial charge in [-0.3, -0.25) is 5.09 Å². The van der Waals surface area contributed by atoms with Gasteiger partial charge in [0.15, 0.2) is 10.9 Å². The van der Waals surface area contributed by atoms with Gasteiger partial charge in [0.2, 0.25) is 0 Å². The molecule has 0 aliphatic carbocycles. The predicted molar refractivity (Wildman–Crippen MR) is 136 cm³/mol. The number of halogens is 2. The number of rotatable bonds is 8. The Kier molecular flexibility index (Phi) is 9.64. The van der Waals surface area contributed by atoms with Gasteiger partial charge >= 0.3 is 0 Å². The highest BCUT2D eigenvalue weighted by atomic mass is 35.5. The molecule has 168 valence electrons. The van der Waals surface area contributed by atoms with Gasteiger partial charge in [0, 0.05) is 16.8 Å². The lowest BCUT2D eigenvalue weighted by Gasteiger charge is -2.27. The van der Waals surface area contributed by atoms with Crippen LogP contribution in [0.1, 0.15) is 33.3 Å². The van der Waals surface area contributed by atoms with Crippen molar-refractivity contribution in [1.82, 2.24) is 10.1 Å². The van der Waals surface area contributed by atoms with Gasteiger partial charge in [0.25, 0.3) is 6.64 Å². The molecule has 0 saturated heterocycles. The number of nitrogens with zero attached hydrogens (tertiary/aromatic N) is 2. The summed E-state index contributed by atoms with van der Waals surface area (Å²) in [5, 5.41) is 16.7. The van der Waals surface area contributed by atoms with Crippen molar-refractivity contribution in [2.45, 2.75) is 39.9 Å². The van der Waals surface area contributed by atoms with Crippen molar-refractivity contribution in [3.8, 4) is 5.75 Å². The average Bonchev–Trinajstić information content (AvgIpc) is 2.61. The molecule has 12 heteroatoms. The Bertz CT molecular complexity index is 1010. The Morgan fingerprint density at radius 1 is 1.19 bits per heavy atom. The van der Waals surface area contributed by atoms with E-state index in [0.717, 1.165) is 0 Å². The number of pyridine rings is 1. The van der Waals surface area contributed by atoms with Crippen molar-refractivity contribution >= 4 is 76.8 Å². The normalized spacial score (nSPS) is 12.0. The molecule has 0 amide bonds. The maximum absolute atomic E-state index is 10.0. The SMILES string of the molecule is CC(C)OP(=S)(NC(=S)Nc1cccc(/N=C/c2cc(Cl)cc(Cl)c2O)n1)OC(C)C. The van der Waals surface area contributed by atoms with Gasteiger partial charge in [-0.1, -0.05) is 29.3 Å². The fourth-order valence-corrected chi connectivity index (χ4v) is 6.31. The third-order valence-corrected chi connectivity index (χ3v) is 6.86. The van der Waals surface area contributed by atoms with Gasteiger partial charge < -0.3 is 19.5 Å². The molecule has 2 rings (SSSR count). The van der Waals surface area contributed by atoms with Gasteiger partial charge in [-0.05, 0) is 76.0 Å². The second-order valence-corrected chi connectivity index (χ2v) is 11.2. The first-order chi connectivity index (χ1) is 14.5. The van der Waals surface area contributed by atoms with Gasteiger partial charge in [-0.25, -0.2) is 9.98 Å². The van der Waals surface area contributed by atoms with Crippen molar-refractivity contribution in [3.05, 3.63) is 45.9 Å².